The molecular weight excluding hydrogens is 532 g/mol. The highest BCUT2D eigenvalue weighted by Crippen LogP contribution is 2.41. The van der Waals surface area contributed by atoms with Gasteiger partial charge in [0.05, 0.1) is 0 Å². The Morgan fingerprint density at radius 2 is 2.15 bits per heavy atom. The van der Waals surface area contributed by atoms with Crippen LogP contribution in [0.3, 0.4) is 0 Å². The van der Waals surface area contributed by atoms with Crippen molar-refractivity contribution in [3.63, 3.8) is 0 Å². The predicted molar refractivity (Wildman–Crippen MR) is 119 cm³/mol. The van der Waals surface area contributed by atoms with E-state index in [1.54, 1.807) is 17.5 Å². The van der Waals surface area contributed by atoms with E-state index in [9.17, 15) is 33.0 Å². The molecule has 1 saturated heterocycles. The summed E-state index contributed by atoms with van der Waals surface area (Å²) in [5, 5.41) is 30.5. The van der Waals surface area contributed by atoms with Crippen LogP contribution >= 0.6 is 34.9 Å². The number of aromatic nitrogens is 2. The lowest BCUT2D eigenvalue weighted by molar-refractivity contribution is -0.151. The summed E-state index contributed by atoms with van der Waals surface area (Å²) >= 11 is 3.39. The minimum absolute atomic E-state index is 0.0364. The first-order valence-electron chi connectivity index (χ1n) is 9.37. The summed E-state index contributed by atoms with van der Waals surface area (Å²) in [4.78, 5) is 38.5. The van der Waals surface area contributed by atoms with Crippen LogP contribution in [0.2, 0.25) is 0 Å². The molecule has 1 fully saturated rings. The Hall–Kier alpha value is -2.44. The summed E-state index contributed by atoms with van der Waals surface area (Å²) in [6.45, 7) is 0. The molecule has 2 aromatic heterocycles. The number of aliphatic hydroxyl groups is 1. The minimum Gasteiger partial charge on any atom is -0.477 e. The molecule has 34 heavy (non-hydrogen) atoms. The highest BCUT2D eigenvalue weighted by atomic mass is 32.2. The number of thioether (sulfide) groups is 2. The van der Waals surface area contributed by atoms with Crippen molar-refractivity contribution in [2.45, 2.75) is 28.5 Å². The molecule has 0 aliphatic carbocycles. The third-order valence-corrected chi connectivity index (χ3v) is 8.51. The van der Waals surface area contributed by atoms with Gasteiger partial charge in [0.25, 0.3) is 27.2 Å². The van der Waals surface area contributed by atoms with Crippen molar-refractivity contribution in [1.29, 1.82) is 0 Å². The van der Waals surface area contributed by atoms with Crippen molar-refractivity contribution in [2.75, 3.05) is 11.5 Å². The van der Waals surface area contributed by atoms with Crippen LogP contribution in [0.15, 0.2) is 38.4 Å². The summed E-state index contributed by atoms with van der Waals surface area (Å²) in [5.74, 6) is -3.57. The van der Waals surface area contributed by atoms with Gasteiger partial charge in [0.15, 0.2) is 11.9 Å². The van der Waals surface area contributed by atoms with Crippen LogP contribution in [0.5, 0.6) is 0 Å². The number of hydrogen-bond acceptors (Lipinski definition) is 12. The van der Waals surface area contributed by atoms with Crippen molar-refractivity contribution >= 4 is 62.8 Å². The van der Waals surface area contributed by atoms with Crippen molar-refractivity contribution in [2.24, 2.45) is 0 Å². The monoisotopic (exact) mass is 548 g/mol. The lowest BCUT2D eigenvalue weighted by Gasteiger charge is -2.49. The van der Waals surface area contributed by atoms with Gasteiger partial charge in [-0.25, -0.2) is 4.79 Å². The third kappa shape index (κ3) is 5.13. The number of carbonyl (C=O) groups excluding carboxylic acids is 2. The smallest absolute Gasteiger partial charge is 0.352 e. The molecule has 2 aromatic rings. The van der Waals surface area contributed by atoms with Crippen LogP contribution in [-0.2, 0) is 30.3 Å². The Morgan fingerprint density at radius 3 is 2.79 bits per heavy atom. The van der Waals surface area contributed by atoms with Gasteiger partial charge >= 0.3 is 5.97 Å². The number of nitrogens with one attached hydrogen (secondary N) is 1. The topological polar surface area (TPSA) is 200 Å². The maximum atomic E-state index is 12.7. The first-order valence-corrected chi connectivity index (χ1v) is 13.9. The standard InChI is InChI=1S/C17H16N4O9S4/c22-12(8-2-1-3-31-8)13(23)18-10-14(24)21-11(16(25)26)7(4-32-15(10)21)5-33-17-20-19-9(30-17)6-34(27,28)29/h1-3,10,12,15,22H,4-6H2,(H,18,23)(H,25,26)(H,27,28,29)/t10?,12?,15-/m1/s1. The van der Waals surface area contributed by atoms with E-state index in [2.05, 4.69) is 15.5 Å². The van der Waals surface area contributed by atoms with E-state index in [4.69, 9.17) is 8.97 Å². The molecule has 2 amide bonds. The number of amides is 2. The Labute approximate surface area is 204 Å². The fourth-order valence-electron chi connectivity index (χ4n) is 3.26. The molecule has 182 valence electrons. The van der Waals surface area contributed by atoms with E-state index in [1.165, 1.54) is 23.1 Å². The average Bonchev–Trinajstić information content (AvgIpc) is 3.45. The summed E-state index contributed by atoms with van der Waals surface area (Å²) in [6, 6.07) is 2.29. The van der Waals surface area contributed by atoms with Crippen molar-refractivity contribution < 1.29 is 42.0 Å². The number of carboxylic acid groups (broad SMARTS) is 1. The van der Waals surface area contributed by atoms with Crippen LogP contribution < -0.4 is 5.32 Å². The zero-order valence-corrected chi connectivity index (χ0v) is 20.1. The summed E-state index contributed by atoms with van der Waals surface area (Å²) in [5.41, 5.74) is 0.174. The fourth-order valence-corrected chi connectivity index (χ4v) is 6.66. The van der Waals surface area contributed by atoms with Gasteiger partial charge in [0, 0.05) is 16.4 Å². The molecular formula is C17H16N4O9S4. The predicted octanol–water partition coefficient (Wildman–Crippen LogP) is 0.0832. The number of β-lactam (4-membered cyclic amide) rings is 1. The third-order valence-electron chi connectivity index (χ3n) is 4.73. The van der Waals surface area contributed by atoms with Crippen molar-refractivity contribution in [3.05, 3.63) is 39.6 Å². The first-order chi connectivity index (χ1) is 16.0. The second-order valence-electron chi connectivity index (χ2n) is 7.05. The molecule has 0 radical (unpaired) electrons. The van der Waals surface area contributed by atoms with E-state index >= 15 is 0 Å². The molecule has 0 saturated carbocycles. The van der Waals surface area contributed by atoms with Gasteiger partial charge in [-0.05, 0) is 17.0 Å². The summed E-state index contributed by atoms with van der Waals surface area (Å²) in [6.07, 6.45) is -1.43. The molecule has 4 heterocycles. The van der Waals surface area contributed by atoms with Gasteiger partial charge in [0.2, 0.25) is 5.89 Å². The number of nitrogens with zero attached hydrogens (tertiary/aromatic N) is 3. The second kappa shape index (κ2) is 9.67. The van der Waals surface area contributed by atoms with E-state index in [1.807, 2.05) is 0 Å². The van der Waals surface area contributed by atoms with Gasteiger partial charge in [-0.2, -0.15) is 8.42 Å². The summed E-state index contributed by atoms with van der Waals surface area (Å²) < 4.78 is 35.7. The highest BCUT2D eigenvalue weighted by molar-refractivity contribution is 8.01. The molecule has 3 atom stereocenters. The van der Waals surface area contributed by atoms with E-state index < -0.39 is 51.2 Å². The van der Waals surface area contributed by atoms with Crippen LogP contribution in [0.1, 0.15) is 16.9 Å². The summed E-state index contributed by atoms with van der Waals surface area (Å²) in [7, 11) is -4.35. The quantitative estimate of drug-likeness (QED) is 0.187. The lowest BCUT2D eigenvalue weighted by Crippen LogP contribution is -2.70. The maximum Gasteiger partial charge on any atom is 0.352 e. The van der Waals surface area contributed by atoms with E-state index in [0.717, 1.165) is 16.7 Å². The Morgan fingerprint density at radius 1 is 1.38 bits per heavy atom. The molecule has 17 heteroatoms. The van der Waals surface area contributed by atoms with E-state index in [0.29, 0.717) is 10.5 Å². The molecule has 4 rings (SSSR count). The maximum absolute atomic E-state index is 12.7. The normalized spacial score (nSPS) is 21.1. The zero-order chi connectivity index (χ0) is 24.6. The molecule has 0 spiro atoms. The highest BCUT2D eigenvalue weighted by Gasteiger charge is 2.54. The largest absolute Gasteiger partial charge is 0.477 e. The SMILES string of the molecule is O=C(O)C1=C(CSc2nnc(CS(=O)(=O)O)o2)CS[C@@H]2C(NC(=O)C(O)c3cccs3)C(=O)N12. The van der Waals surface area contributed by atoms with Gasteiger partial charge in [-0.1, -0.05) is 17.8 Å². The average molecular weight is 549 g/mol. The van der Waals surface area contributed by atoms with Crippen LogP contribution in [0.25, 0.3) is 0 Å². The van der Waals surface area contributed by atoms with Crippen molar-refractivity contribution in [3.8, 4) is 0 Å². The molecule has 13 nitrogen and oxygen atoms in total. The lowest BCUT2D eigenvalue weighted by atomic mass is 10.0. The number of hydrogen-bond donors (Lipinski definition) is 4. The van der Waals surface area contributed by atoms with Crippen molar-refractivity contribution in [1.82, 2.24) is 20.4 Å². The second-order valence-corrected chi connectivity index (χ2v) is 11.5. The molecule has 4 N–H and O–H groups in total. The first kappa shape index (κ1) is 24.7. The van der Waals surface area contributed by atoms with Gasteiger partial charge in [-0.15, -0.1) is 33.3 Å². The van der Waals surface area contributed by atoms with E-state index in [-0.39, 0.29) is 28.3 Å². The molecule has 0 aromatic carbocycles. The van der Waals surface area contributed by atoms with Crippen LogP contribution in [0.4, 0.5) is 0 Å². The Balaban J connectivity index is 1.43. The molecule has 2 unspecified atom stereocenters. The van der Waals surface area contributed by atoms with Gasteiger partial charge in [0.1, 0.15) is 17.1 Å². The van der Waals surface area contributed by atoms with Crippen LogP contribution in [-0.4, -0.2) is 79.0 Å². The number of carbonyl (C=O) groups is 3. The van der Waals surface area contributed by atoms with Gasteiger partial charge in [-0.3, -0.25) is 19.0 Å². The minimum atomic E-state index is -4.35. The molecule has 0 bridgehead atoms. The number of fused-ring (bicyclic) bond motifs is 1. The fraction of sp³-hybridized carbons (Fsp3) is 0.353. The number of carboxylic acids is 1. The molecule has 2 aliphatic heterocycles. The number of thiophene rings is 1. The van der Waals surface area contributed by atoms with Crippen LogP contribution in [0, 0.1) is 0 Å². The number of aliphatic hydroxyl groups excluding tert-OH is 1. The molecule has 2 aliphatic rings. The number of rotatable bonds is 9. The Bertz CT molecular complexity index is 1260. The zero-order valence-electron chi connectivity index (χ0n) is 16.9. The Kier molecular flexibility index (Phi) is 7.02. The number of aliphatic carboxylic acids is 1. The van der Waals surface area contributed by atoms with Gasteiger partial charge < -0.3 is 19.9 Å².